The molecule has 0 amide bonds. The molecule has 13 heavy (non-hydrogen) atoms. The van der Waals surface area contributed by atoms with Gasteiger partial charge in [-0.05, 0) is 26.0 Å². The van der Waals surface area contributed by atoms with Crippen LogP contribution in [-0.4, -0.2) is 23.1 Å². The van der Waals surface area contributed by atoms with Crippen LogP contribution in [0.1, 0.15) is 13.8 Å². The molecule has 1 aromatic rings. The summed E-state index contributed by atoms with van der Waals surface area (Å²) in [7, 11) is 1.09. The quantitative estimate of drug-likeness (QED) is 0.514. The Kier molecular flexibility index (Phi) is 3.99. The number of benzene rings is 1. The van der Waals surface area contributed by atoms with Crippen LogP contribution in [0.15, 0.2) is 24.3 Å². The van der Waals surface area contributed by atoms with Crippen LogP contribution in [0.2, 0.25) is 0 Å². The van der Waals surface area contributed by atoms with Gasteiger partial charge in [-0.1, -0.05) is 17.3 Å². The highest BCUT2D eigenvalue weighted by Crippen LogP contribution is 2.09. The monoisotopic (exact) mass is 196 g/mol. The largest absolute Gasteiger partial charge is 0.465 e. The molecule has 1 unspecified atom stereocenters. The Morgan fingerprint density at radius 2 is 1.92 bits per heavy atom. The SMILES string of the molecule is CCOC(C)Oc1ccc([SiH3])cc1. The first-order valence-corrected chi connectivity index (χ1v) is 5.57. The lowest BCUT2D eigenvalue weighted by molar-refractivity contribution is -0.0613. The van der Waals surface area contributed by atoms with Crippen LogP contribution in [0, 0.1) is 0 Å². The van der Waals surface area contributed by atoms with Crippen molar-refractivity contribution in [2.24, 2.45) is 0 Å². The molecule has 0 aliphatic carbocycles. The van der Waals surface area contributed by atoms with Gasteiger partial charge in [0.05, 0.1) is 0 Å². The highest BCUT2D eigenvalue weighted by atomic mass is 28.1. The number of hydrogen-bond donors (Lipinski definition) is 0. The lowest BCUT2D eigenvalue weighted by Crippen LogP contribution is -2.16. The maximum absolute atomic E-state index is 5.50. The van der Waals surface area contributed by atoms with E-state index < -0.39 is 0 Å². The molecule has 0 fully saturated rings. The van der Waals surface area contributed by atoms with Gasteiger partial charge in [-0.15, -0.1) is 0 Å². The van der Waals surface area contributed by atoms with Crippen molar-refractivity contribution in [1.29, 1.82) is 0 Å². The smallest absolute Gasteiger partial charge is 0.196 e. The molecular formula is C10H16O2Si. The molecule has 0 saturated carbocycles. The van der Waals surface area contributed by atoms with Crippen molar-refractivity contribution in [1.82, 2.24) is 0 Å². The minimum absolute atomic E-state index is 0.162. The second-order valence-electron chi connectivity index (χ2n) is 2.95. The summed E-state index contributed by atoms with van der Waals surface area (Å²) >= 11 is 0. The van der Waals surface area contributed by atoms with E-state index in [0.29, 0.717) is 6.61 Å². The van der Waals surface area contributed by atoms with E-state index in [2.05, 4.69) is 12.1 Å². The third kappa shape index (κ3) is 3.61. The summed E-state index contributed by atoms with van der Waals surface area (Å²) in [6.07, 6.45) is -0.162. The summed E-state index contributed by atoms with van der Waals surface area (Å²) in [6, 6.07) is 8.14. The first kappa shape index (κ1) is 10.3. The van der Waals surface area contributed by atoms with Gasteiger partial charge >= 0.3 is 0 Å². The van der Waals surface area contributed by atoms with Crippen molar-refractivity contribution in [2.75, 3.05) is 6.61 Å². The van der Waals surface area contributed by atoms with Crippen LogP contribution in [0.5, 0.6) is 5.75 Å². The van der Waals surface area contributed by atoms with Gasteiger partial charge in [0.2, 0.25) is 0 Å². The van der Waals surface area contributed by atoms with Crippen LogP contribution >= 0.6 is 0 Å². The zero-order valence-corrected chi connectivity index (χ0v) is 10.4. The van der Waals surface area contributed by atoms with Crippen LogP contribution in [0.3, 0.4) is 0 Å². The van der Waals surface area contributed by atoms with Crippen molar-refractivity contribution in [3.8, 4) is 5.75 Å². The van der Waals surface area contributed by atoms with Crippen LogP contribution in [0.4, 0.5) is 0 Å². The highest BCUT2D eigenvalue weighted by molar-refractivity contribution is 6.32. The molecule has 0 N–H and O–H groups in total. The molecule has 0 spiro atoms. The van der Waals surface area contributed by atoms with Gasteiger partial charge in [0, 0.05) is 16.8 Å². The first-order chi connectivity index (χ1) is 6.22. The van der Waals surface area contributed by atoms with Gasteiger partial charge in [0.15, 0.2) is 6.29 Å². The van der Waals surface area contributed by atoms with E-state index in [0.717, 1.165) is 16.0 Å². The maximum Gasteiger partial charge on any atom is 0.196 e. The molecule has 72 valence electrons. The molecule has 1 aromatic carbocycles. The maximum atomic E-state index is 5.50. The molecule has 0 aliphatic rings. The lowest BCUT2D eigenvalue weighted by Gasteiger charge is -2.14. The predicted octanol–water partition coefficient (Wildman–Crippen LogP) is 0.439. The molecule has 3 heteroatoms. The summed E-state index contributed by atoms with van der Waals surface area (Å²) in [6.45, 7) is 4.54. The summed E-state index contributed by atoms with van der Waals surface area (Å²) in [5, 5.41) is 1.37. The van der Waals surface area contributed by atoms with Crippen molar-refractivity contribution < 1.29 is 9.47 Å². The summed E-state index contributed by atoms with van der Waals surface area (Å²) < 4.78 is 10.8. The number of rotatable bonds is 4. The average molecular weight is 196 g/mol. The zero-order valence-electron chi connectivity index (χ0n) is 8.41. The highest BCUT2D eigenvalue weighted by Gasteiger charge is 2.01. The average Bonchev–Trinajstić information content (AvgIpc) is 2.09. The van der Waals surface area contributed by atoms with E-state index in [-0.39, 0.29) is 6.29 Å². The zero-order chi connectivity index (χ0) is 9.68. The van der Waals surface area contributed by atoms with E-state index in [1.54, 1.807) is 0 Å². The fourth-order valence-corrected chi connectivity index (χ4v) is 1.41. The Bertz CT molecular complexity index is 246. The molecule has 1 rings (SSSR count). The Morgan fingerprint density at radius 1 is 1.31 bits per heavy atom. The van der Waals surface area contributed by atoms with Crippen molar-refractivity contribution >= 4 is 15.4 Å². The Labute approximate surface area is 82.3 Å². The topological polar surface area (TPSA) is 18.5 Å². The summed E-state index contributed by atoms with van der Waals surface area (Å²) in [5.41, 5.74) is 0. The molecule has 2 nitrogen and oxygen atoms in total. The van der Waals surface area contributed by atoms with E-state index in [1.165, 1.54) is 5.19 Å². The molecular weight excluding hydrogens is 180 g/mol. The Hall–Kier alpha value is -0.803. The van der Waals surface area contributed by atoms with Gasteiger partial charge in [0.25, 0.3) is 0 Å². The van der Waals surface area contributed by atoms with E-state index >= 15 is 0 Å². The molecule has 0 aromatic heterocycles. The first-order valence-electron chi connectivity index (χ1n) is 4.57. The van der Waals surface area contributed by atoms with Crippen LogP contribution in [0.25, 0.3) is 0 Å². The van der Waals surface area contributed by atoms with Crippen LogP contribution in [-0.2, 0) is 4.74 Å². The molecule has 1 atom stereocenters. The van der Waals surface area contributed by atoms with Gasteiger partial charge in [-0.25, -0.2) is 0 Å². The third-order valence-corrected chi connectivity index (χ3v) is 2.39. The second kappa shape index (κ2) is 5.04. The molecule has 0 saturated heterocycles. The van der Waals surface area contributed by atoms with Crippen molar-refractivity contribution in [2.45, 2.75) is 20.1 Å². The normalized spacial score (nSPS) is 12.8. The molecule has 0 aliphatic heterocycles. The van der Waals surface area contributed by atoms with E-state index in [1.807, 2.05) is 26.0 Å². The number of ether oxygens (including phenoxy) is 2. The molecule has 0 radical (unpaired) electrons. The van der Waals surface area contributed by atoms with Gasteiger partial charge in [-0.3, -0.25) is 0 Å². The second-order valence-corrected chi connectivity index (χ2v) is 4.11. The minimum Gasteiger partial charge on any atom is -0.465 e. The van der Waals surface area contributed by atoms with Gasteiger partial charge in [0.1, 0.15) is 5.75 Å². The minimum atomic E-state index is -0.162. The van der Waals surface area contributed by atoms with Gasteiger partial charge < -0.3 is 9.47 Å². The summed E-state index contributed by atoms with van der Waals surface area (Å²) in [5.74, 6) is 0.876. The summed E-state index contributed by atoms with van der Waals surface area (Å²) in [4.78, 5) is 0. The molecule has 0 bridgehead atoms. The predicted molar refractivity (Wildman–Crippen MR) is 57.7 cm³/mol. The lowest BCUT2D eigenvalue weighted by atomic mass is 10.3. The molecule has 0 heterocycles. The van der Waals surface area contributed by atoms with Crippen LogP contribution < -0.4 is 9.92 Å². The van der Waals surface area contributed by atoms with Crippen molar-refractivity contribution in [3.05, 3.63) is 24.3 Å². The number of hydrogen-bond acceptors (Lipinski definition) is 2. The Morgan fingerprint density at radius 3 is 2.46 bits per heavy atom. The van der Waals surface area contributed by atoms with E-state index in [9.17, 15) is 0 Å². The van der Waals surface area contributed by atoms with Gasteiger partial charge in [-0.2, -0.15) is 0 Å². The third-order valence-electron chi connectivity index (χ3n) is 1.72. The standard InChI is InChI=1S/C10H16O2Si/c1-3-11-8(2)12-9-4-6-10(13)7-5-9/h4-8H,3H2,1-2,13H3. The fraction of sp³-hybridized carbons (Fsp3) is 0.400. The van der Waals surface area contributed by atoms with Crippen molar-refractivity contribution in [3.63, 3.8) is 0 Å². The van der Waals surface area contributed by atoms with E-state index in [4.69, 9.17) is 9.47 Å². The Balaban J connectivity index is 2.49. The fourth-order valence-electron chi connectivity index (χ4n) is 1.08.